The molecule has 1 saturated heterocycles. The Morgan fingerprint density at radius 3 is 2.39 bits per heavy atom. The van der Waals surface area contributed by atoms with E-state index in [2.05, 4.69) is 11.1 Å². The molecule has 2 N–H and O–H groups in total. The fraction of sp³-hybridized carbons (Fsp3) is 0.357. The van der Waals surface area contributed by atoms with Crippen molar-refractivity contribution in [2.24, 2.45) is 0 Å². The average molecular weight is 540 g/mol. The number of pyridine rings is 1. The molecule has 1 aliphatic rings. The minimum atomic E-state index is -4.08. The van der Waals surface area contributed by atoms with E-state index in [4.69, 9.17) is 9.47 Å². The van der Waals surface area contributed by atoms with Crippen molar-refractivity contribution in [3.05, 3.63) is 78.6 Å². The van der Waals surface area contributed by atoms with Crippen LogP contribution in [0.2, 0.25) is 0 Å². The predicted octanol–water partition coefficient (Wildman–Crippen LogP) is 3.13. The number of aromatic nitrogens is 1. The molecule has 3 aromatic rings. The summed E-state index contributed by atoms with van der Waals surface area (Å²) in [5.41, 5.74) is 4.90. The second kappa shape index (κ2) is 12.5. The van der Waals surface area contributed by atoms with E-state index in [1.807, 2.05) is 35.2 Å². The Labute approximate surface area is 223 Å². The molecule has 0 saturated carbocycles. The molecule has 0 spiro atoms. The highest BCUT2D eigenvalue weighted by atomic mass is 32.2. The summed E-state index contributed by atoms with van der Waals surface area (Å²) < 4.78 is 36.5. The van der Waals surface area contributed by atoms with E-state index >= 15 is 0 Å². The third kappa shape index (κ3) is 6.05. The molecule has 10 heteroatoms. The van der Waals surface area contributed by atoms with Crippen LogP contribution in [-0.4, -0.2) is 74.1 Å². The topological polar surface area (TPSA) is 118 Å². The van der Waals surface area contributed by atoms with Crippen LogP contribution in [0.25, 0.3) is 11.1 Å². The van der Waals surface area contributed by atoms with E-state index in [1.165, 1.54) is 12.1 Å². The van der Waals surface area contributed by atoms with Gasteiger partial charge in [-0.1, -0.05) is 24.3 Å². The number of hydrogen-bond donors (Lipinski definition) is 2. The Morgan fingerprint density at radius 2 is 1.74 bits per heavy atom. The van der Waals surface area contributed by atoms with Crippen LogP contribution in [0.1, 0.15) is 18.4 Å². The molecular weight excluding hydrogens is 506 g/mol. The Bertz CT molecular complexity index is 1310. The molecule has 4 rings (SSSR count). The van der Waals surface area contributed by atoms with Crippen LogP contribution in [0, 0.1) is 0 Å². The smallest absolute Gasteiger partial charge is 0.265 e. The molecule has 1 aromatic heterocycles. The number of carbonyl (C=O) groups is 1. The minimum absolute atomic E-state index is 0.0174. The maximum absolute atomic E-state index is 13.6. The highest BCUT2D eigenvalue weighted by Crippen LogP contribution is 2.36. The van der Waals surface area contributed by atoms with Crippen LogP contribution in [0.5, 0.6) is 5.75 Å². The molecule has 9 nitrogen and oxygen atoms in total. The van der Waals surface area contributed by atoms with Crippen LogP contribution in [0.4, 0.5) is 0 Å². The number of amides is 1. The summed E-state index contributed by atoms with van der Waals surface area (Å²) in [5.74, 6) is -0.373. The maximum atomic E-state index is 13.6. The number of nitrogens with zero attached hydrogens (tertiary/aromatic N) is 2. The van der Waals surface area contributed by atoms with E-state index in [1.54, 1.807) is 37.1 Å². The number of hydroxylamine groups is 1. The molecule has 38 heavy (non-hydrogen) atoms. The van der Waals surface area contributed by atoms with Crippen molar-refractivity contribution in [3.8, 4) is 16.9 Å². The zero-order valence-electron chi connectivity index (χ0n) is 21.4. The molecule has 0 radical (unpaired) electrons. The number of benzene rings is 2. The number of methoxy groups -OCH3 is 1. The van der Waals surface area contributed by atoms with Crippen molar-refractivity contribution in [1.82, 2.24) is 15.4 Å². The Balaban J connectivity index is 1.40. The highest BCUT2D eigenvalue weighted by molar-refractivity contribution is 7.93. The van der Waals surface area contributed by atoms with Gasteiger partial charge in [0.1, 0.15) is 5.75 Å². The van der Waals surface area contributed by atoms with E-state index in [0.29, 0.717) is 45.0 Å². The Morgan fingerprint density at radius 1 is 1.03 bits per heavy atom. The van der Waals surface area contributed by atoms with Gasteiger partial charge in [-0.2, -0.15) is 0 Å². The number of likely N-dealkylation sites (tertiary alicyclic amines) is 1. The molecule has 0 unspecified atom stereocenters. The number of ether oxygens (including phenoxy) is 2. The van der Waals surface area contributed by atoms with Crippen molar-refractivity contribution >= 4 is 15.7 Å². The van der Waals surface area contributed by atoms with Crippen molar-refractivity contribution < 1.29 is 27.9 Å². The summed E-state index contributed by atoms with van der Waals surface area (Å²) >= 11 is 0. The summed E-state index contributed by atoms with van der Waals surface area (Å²) in [5, 5.41) is 9.37. The number of rotatable bonds is 11. The summed E-state index contributed by atoms with van der Waals surface area (Å²) in [6.45, 7) is 2.39. The number of hydrogen-bond acceptors (Lipinski definition) is 8. The van der Waals surface area contributed by atoms with Gasteiger partial charge in [-0.15, -0.1) is 0 Å². The predicted molar refractivity (Wildman–Crippen MR) is 143 cm³/mol. The first-order valence-corrected chi connectivity index (χ1v) is 14.0. The lowest BCUT2D eigenvalue weighted by Gasteiger charge is -2.39. The lowest BCUT2D eigenvalue weighted by atomic mass is 9.95. The van der Waals surface area contributed by atoms with Gasteiger partial charge in [0.25, 0.3) is 5.91 Å². The first-order chi connectivity index (χ1) is 18.4. The quantitative estimate of drug-likeness (QED) is 0.282. The fourth-order valence-corrected chi connectivity index (χ4v) is 6.71. The third-order valence-corrected chi connectivity index (χ3v) is 9.55. The molecule has 2 aromatic carbocycles. The van der Waals surface area contributed by atoms with Crippen LogP contribution < -0.4 is 10.2 Å². The number of sulfone groups is 1. The lowest BCUT2D eigenvalue weighted by molar-refractivity contribution is -0.133. The van der Waals surface area contributed by atoms with Gasteiger partial charge in [-0.05, 0) is 65.9 Å². The van der Waals surface area contributed by atoms with Crippen LogP contribution in [0.3, 0.4) is 0 Å². The molecule has 0 atom stereocenters. The standard InChI is InChI=1S/C28H33N3O6S/c1-36-20-18-31-16-12-28(13-17-31,27(32)30-33)38(34,35)26-7-5-25(6-8-26)37-19-11-22-3-2-4-24(21-22)23-9-14-29-15-10-23/h2-10,14-15,21,33H,11-13,16-20H2,1H3,(H,30,32). The van der Waals surface area contributed by atoms with Gasteiger partial charge in [-0.3, -0.25) is 15.0 Å². The number of carbonyl (C=O) groups excluding carboxylic acids is 1. The van der Waals surface area contributed by atoms with Gasteiger partial charge in [0.2, 0.25) is 0 Å². The lowest BCUT2D eigenvalue weighted by Crippen LogP contribution is -2.57. The normalized spacial score (nSPS) is 15.6. The van der Waals surface area contributed by atoms with E-state index in [0.717, 1.165) is 16.7 Å². The van der Waals surface area contributed by atoms with Gasteiger partial charge in [0, 0.05) is 45.6 Å². The van der Waals surface area contributed by atoms with E-state index in [9.17, 15) is 18.4 Å². The SMILES string of the molecule is COCCN1CCC(C(=O)NO)(S(=O)(=O)c2ccc(OCCc3cccc(-c4ccncc4)c3)cc2)CC1. The van der Waals surface area contributed by atoms with Crippen LogP contribution >= 0.6 is 0 Å². The van der Waals surface area contributed by atoms with Gasteiger partial charge >= 0.3 is 0 Å². The van der Waals surface area contributed by atoms with Crippen LogP contribution in [-0.2, 0) is 25.8 Å². The highest BCUT2D eigenvalue weighted by Gasteiger charge is 2.52. The second-order valence-electron chi connectivity index (χ2n) is 9.28. The van der Waals surface area contributed by atoms with Crippen molar-refractivity contribution in [2.75, 3.05) is 40.0 Å². The van der Waals surface area contributed by atoms with Crippen LogP contribution in [0.15, 0.2) is 78.0 Å². The number of piperidine rings is 1. The van der Waals surface area contributed by atoms with Crippen molar-refractivity contribution in [2.45, 2.75) is 28.9 Å². The monoisotopic (exact) mass is 539 g/mol. The largest absolute Gasteiger partial charge is 0.493 e. The molecule has 0 aliphatic carbocycles. The van der Waals surface area contributed by atoms with Crippen molar-refractivity contribution in [3.63, 3.8) is 0 Å². The third-order valence-electron chi connectivity index (χ3n) is 7.04. The Hall–Kier alpha value is -3.31. The van der Waals surface area contributed by atoms with E-state index < -0.39 is 20.5 Å². The van der Waals surface area contributed by atoms with Gasteiger partial charge in [0.15, 0.2) is 14.6 Å². The first-order valence-electron chi connectivity index (χ1n) is 12.5. The molecule has 2 heterocycles. The molecule has 0 bridgehead atoms. The number of nitrogens with one attached hydrogen (secondary N) is 1. The van der Waals surface area contributed by atoms with Gasteiger partial charge in [0.05, 0.1) is 18.1 Å². The minimum Gasteiger partial charge on any atom is -0.493 e. The zero-order valence-corrected chi connectivity index (χ0v) is 22.2. The Kier molecular flexibility index (Phi) is 9.11. The first kappa shape index (κ1) is 27.7. The summed E-state index contributed by atoms with van der Waals surface area (Å²) in [7, 11) is -2.48. The van der Waals surface area contributed by atoms with Crippen molar-refractivity contribution in [1.29, 1.82) is 0 Å². The average Bonchev–Trinajstić information content (AvgIpc) is 2.96. The molecule has 1 amide bonds. The maximum Gasteiger partial charge on any atom is 0.265 e. The van der Waals surface area contributed by atoms with E-state index in [-0.39, 0.29) is 17.7 Å². The fourth-order valence-electron chi connectivity index (χ4n) is 4.76. The summed E-state index contributed by atoms with van der Waals surface area (Å²) in [6.07, 6.45) is 4.35. The molecule has 1 fully saturated rings. The second-order valence-corrected chi connectivity index (χ2v) is 11.5. The summed E-state index contributed by atoms with van der Waals surface area (Å²) in [4.78, 5) is 18.8. The zero-order chi connectivity index (χ0) is 27.0. The van der Waals surface area contributed by atoms with Gasteiger partial charge in [-0.25, -0.2) is 13.9 Å². The van der Waals surface area contributed by atoms with Gasteiger partial charge < -0.3 is 14.4 Å². The molecular formula is C28H33N3O6S. The summed E-state index contributed by atoms with van der Waals surface area (Å²) in [6, 6.07) is 18.2. The molecule has 202 valence electrons. The molecule has 1 aliphatic heterocycles.